The Kier molecular flexibility index (Phi) is 0.754. The maximum absolute atomic E-state index is 9.01. The Hall–Kier alpha value is -0.340. The van der Waals surface area contributed by atoms with Gasteiger partial charge in [0.25, 0.3) is 0 Å². The molecular weight excluding hydrogens is 104 g/mol. The number of rotatable bonds is 0. The molecule has 2 nitrogen and oxygen atoms in total. The van der Waals surface area contributed by atoms with Gasteiger partial charge >= 0.3 is 0 Å². The van der Waals surface area contributed by atoms with Crippen LogP contribution in [0.15, 0.2) is 12.2 Å². The zero-order valence-electron chi connectivity index (χ0n) is 4.45. The molecule has 1 fully saturated rings. The molecule has 2 heteroatoms. The normalized spacial score (nSPS) is 50.9. The molecule has 0 saturated carbocycles. The molecule has 2 aliphatic rings. The van der Waals surface area contributed by atoms with Crippen molar-refractivity contribution in [2.24, 2.45) is 0 Å². The molecule has 0 bridgehead atoms. The smallest absolute Gasteiger partial charge is 0.114 e. The summed E-state index contributed by atoms with van der Waals surface area (Å²) < 4.78 is 5.08. The third-order valence-electron chi connectivity index (χ3n) is 1.66. The zero-order chi connectivity index (χ0) is 5.56. The second kappa shape index (κ2) is 1.33. The van der Waals surface area contributed by atoms with Gasteiger partial charge in [0, 0.05) is 0 Å². The van der Waals surface area contributed by atoms with Crippen LogP contribution in [-0.2, 0) is 4.74 Å². The van der Waals surface area contributed by atoms with Gasteiger partial charge in [-0.1, -0.05) is 12.2 Å². The topological polar surface area (TPSA) is 32.8 Å². The number of aliphatic hydroxyl groups is 1. The Morgan fingerprint density at radius 2 is 2.50 bits per heavy atom. The van der Waals surface area contributed by atoms with E-state index in [0.29, 0.717) is 6.10 Å². The van der Waals surface area contributed by atoms with Crippen LogP contribution in [0.25, 0.3) is 0 Å². The first-order valence-corrected chi connectivity index (χ1v) is 2.88. The fraction of sp³-hybridized carbons (Fsp3) is 0.667. The number of ether oxygens (including phenoxy) is 1. The molecule has 2 rings (SSSR count). The summed E-state index contributed by atoms with van der Waals surface area (Å²) in [4.78, 5) is 0. The standard InChI is InChI=1S/C6H8O2/c7-4-2-1-3-5-6(4)8-5/h1-2,4-7H,3H2/t4?,5-,6+/m0/s1. The molecule has 0 aromatic carbocycles. The van der Waals surface area contributed by atoms with Crippen molar-refractivity contribution >= 4 is 0 Å². The van der Waals surface area contributed by atoms with Crippen LogP contribution in [-0.4, -0.2) is 23.4 Å². The van der Waals surface area contributed by atoms with Gasteiger partial charge in [0.15, 0.2) is 0 Å². The molecular formula is C6H8O2. The average Bonchev–Trinajstić information content (AvgIpc) is 2.45. The molecule has 0 amide bonds. The molecule has 0 spiro atoms. The largest absolute Gasteiger partial charge is 0.386 e. The minimum atomic E-state index is -0.325. The Bertz CT molecular complexity index is 130. The van der Waals surface area contributed by atoms with Crippen molar-refractivity contribution in [3.63, 3.8) is 0 Å². The van der Waals surface area contributed by atoms with Gasteiger partial charge in [0.2, 0.25) is 0 Å². The minimum absolute atomic E-state index is 0.139. The summed E-state index contributed by atoms with van der Waals surface area (Å²) in [6, 6.07) is 0. The van der Waals surface area contributed by atoms with Crippen LogP contribution in [0.5, 0.6) is 0 Å². The van der Waals surface area contributed by atoms with E-state index in [-0.39, 0.29) is 12.2 Å². The van der Waals surface area contributed by atoms with Gasteiger partial charge in [-0.15, -0.1) is 0 Å². The third-order valence-corrected chi connectivity index (χ3v) is 1.66. The van der Waals surface area contributed by atoms with E-state index in [1.54, 1.807) is 6.08 Å². The van der Waals surface area contributed by atoms with E-state index in [4.69, 9.17) is 9.84 Å². The van der Waals surface area contributed by atoms with E-state index in [2.05, 4.69) is 0 Å². The second-order valence-electron chi connectivity index (χ2n) is 2.29. The highest BCUT2D eigenvalue weighted by Gasteiger charge is 2.44. The molecule has 0 aromatic rings. The lowest BCUT2D eigenvalue weighted by atomic mass is 10.1. The number of aliphatic hydroxyl groups excluding tert-OH is 1. The molecule has 8 heavy (non-hydrogen) atoms. The summed E-state index contributed by atoms with van der Waals surface area (Å²) in [6.45, 7) is 0. The lowest BCUT2D eigenvalue weighted by Gasteiger charge is -2.02. The van der Waals surface area contributed by atoms with Gasteiger partial charge in [-0.25, -0.2) is 0 Å². The van der Waals surface area contributed by atoms with Crippen LogP contribution in [0.2, 0.25) is 0 Å². The highest BCUT2D eigenvalue weighted by molar-refractivity contribution is 5.09. The maximum atomic E-state index is 9.01. The maximum Gasteiger partial charge on any atom is 0.114 e. The first-order chi connectivity index (χ1) is 3.88. The van der Waals surface area contributed by atoms with E-state index in [1.807, 2.05) is 6.08 Å². The number of hydrogen-bond acceptors (Lipinski definition) is 2. The highest BCUT2D eigenvalue weighted by atomic mass is 16.6. The number of epoxide rings is 1. The molecule has 1 aliphatic carbocycles. The molecule has 0 radical (unpaired) electrons. The highest BCUT2D eigenvalue weighted by Crippen LogP contribution is 2.32. The summed E-state index contributed by atoms with van der Waals surface area (Å²) in [7, 11) is 0. The Balaban J connectivity index is 2.13. The van der Waals surface area contributed by atoms with Crippen molar-refractivity contribution in [2.75, 3.05) is 0 Å². The van der Waals surface area contributed by atoms with Crippen LogP contribution < -0.4 is 0 Å². The zero-order valence-corrected chi connectivity index (χ0v) is 4.45. The van der Waals surface area contributed by atoms with Crippen molar-refractivity contribution < 1.29 is 9.84 Å². The van der Waals surface area contributed by atoms with Crippen molar-refractivity contribution in [3.05, 3.63) is 12.2 Å². The Morgan fingerprint density at radius 3 is 3.12 bits per heavy atom. The first-order valence-electron chi connectivity index (χ1n) is 2.88. The van der Waals surface area contributed by atoms with E-state index < -0.39 is 0 Å². The average molecular weight is 112 g/mol. The predicted octanol–water partition coefficient (Wildman–Crippen LogP) is 0.0746. The molecule has 44 valence electrons. The van der Waals surface area contributed by atoms with Gasteiger partial charge in [0.1, 0.15) is 12.2 Å². The lowest BCUT2D eigenvalue weighted by molar-refractivity contribution is 0.178. The summed E-state index contributed by atoms with van der Waals surface area (Å²) in [6.07, 6.45) is 4.91. The molecule has 3 atom stereocenters. The quantitative estimate of drug-likeness (QED) is 0.355. The van der Waals surface area contributed by atoms with Gasteiger partial charge < -0.3 is 9.84 Å². The monoisotopic (exact) mass is 112 g/mol. The third kappa shape index (κ3) is 0.501. The Morgan fingerprint density at radius 1 is 1.62 bits per heavy atom. The van der Waals surface area contributed by atoms with E-state index >= 15 is 0 Å². The Labute approximate surface area is 47.8 Å². The summed E-state index contributed by atoms with van der Waals surface area (Å²) >= 11 is 0. The van der Waals surface area contributed by atoms with Crippen molar-refractivity contribution in [2.45, 2.75) is 24.7 Å². The summed E-state index contributed by atoms with van der Waals surface area (Å²) in [5.41, 5.74) is 0. The van der Waals surface area contributed by atoms with Gasteiger partial charge in [-0.05, 0) is 6.42 Å². The predicted molar refractivity (Wildman–Crippen MR) is 28.4 cm³/mol. The summed E-state index contributed by atoms with van der Waals surface area (Å²) in [5.74, 6) is 0. The van der Waals surface area contributed by atoms with Crippen molar-refractivity contribution in [1.82, 2.24) is 0 Å². The molecule has 1 N–H and O–H groups in total. The number of fused-ring (bicyclic) bond motifs is 1. The second-order valence-corrected chi connectivity index (χ2v) is 2.29. The van der Waals surface area contributed by atoms with Gasteiger partial charge in [-0.3, -0.25) is 0 Å². The lowest BCUT2D eigenvalue weighted by Crippen LogP contribution is -2.16. The molecule has 1 saturated heterocycles. The molecule has 1 heterocycles. The fourth-order valence-corrected chi connectivity index (χ4v) is 1.11. The molecule has 1 unspecified atom stereocenters. The van der Waals surface area contributed by atoms with E-state index in [9.17, 15) is 0 Å². The van der Waals surface area contributed by atoms with Gasteiger partial charge in [0.05, 0.1) is 6.10 Å². The van der Waals surface area contributed by atoms with Crippen LogP contribution in [0.4, 0.5) is 0 Å². The SMILES string of the molecule is OC1C=CC[C@@H]2O[C@H]12. The van der Waals surface area contributed by atoms with Crippen molar-refractivity contribution in [1.29, 1.82) is 0 Å². The van der Waals surface area contributed by atoms with E-state index in [0.717, 1.165) is 6.42 Å². The number of hydrogen-bond donors (Lipinski definition) is 1. The molecule has 0 aromatic heterocycles. The summed E-state index contributed by atoms with van der Waals surface area (Å²) in [5, 5.41) is 9.01. The first kappa shape index (κ1) is 4.53. The van der Waals surface area contributed by atoms with Crippen LogP contribution >= 0.6 is 0 Å². The van der Waals surface area contributed by atoms with Crippen LogP contribution in [0.1, 0.15) is 6.42 Å². The van der Waals surface area contributed by atoms with Crippen LogP contribution in [0, 0.1) is 0 Å². The van der Waals surface area contributed by atoms with Crippen LogP contribution in [0.3, 0.4) is 0 Å². The van der Waals surface area contributed by atoms with E-state index in [1.165, 1.54) is 0 Å². The molecule has 1 aliphatic heterocycles. The van der Waals surface area contributed by atoms with Gasteiger partial charge in [-0.2, -0.15) is 0 Å². The fourth-order valence-electron chi connectivity index (χ4n) is 1.11. The minimum Gasteiger partial charge on any atom is -0.386 e. The van der Waals surface area contributed by atoms with Crippen molar-refractivity contribution in [3.8, 4) is 0 Å².